The molecule has 0 bridgehead atoms. The van der Waals surface area contributed by atoms with E-state index >= 15 is 0 Å². The van der Waals surface area contributed by atoms with Crippen LogP contribution in [0.25, 0.3) is 0 Å². The zero-order valence-corrected chi connectivity index (χ0v) is 18.1. The van der Waals surface area contributed by atoms with Crippen LogP contribution in [0.3, 0.4) is 0 Å². The second-order valence-corrected chi connectivity index (χ2v) is 9.81. The maximum absolute atomic E-state index is 13.1. The monoisotopic (exact) mass is 400 g/mol. The molecule has 3 amide bonds. The van der Waals surface area contributed by atoms with Crippen LogP contribution in [-0.2, 0) is 20.9 Å². The Bertz CT molecular complexity index is 800. The summed E-state index contributed by atoms with van der Waals surface area (Å²) in [6.07, 6.45) is 2.20. The summed E-state index contributed by atoms with van der Waals surface area (Å²) in [7, 11) is 0. The van der Waals surface area contributed by atoms with E-state index in [1.54, 1.807) is 0 Å². The third kappa shape index (κ3) is 4.62. The van der Waals surface area contributed by atoms with Gasteiger partial charge >= 0.3 is 12.0 Å². The van der Waals surface area contributed by atoms with Gasteiger partial charge in [-0.3, -0.25) is 14.5 Å². The Morgan fingerprint density at radius 2 is 1.86 bits per heavy atom. The third-order valence-corrected chi connectivity index (χ3v) is 5.96. The van der Waals surface area contributed by atoms with Gasteiger partial charge in [-0.2, -0.15) is 0 Å². The molecule has 1 aromatic carbocycles. The summed E-state index contributed by atoms with van der Waals surface area (Å²) >= 11 is 0. The number of hydrogen-bond acceptors (Lipinski definition) is 4. The van der Waals surface area contributed by atoms with Crippen molar-refractivity contribution in [1.82, 2.24) is 10.2 Å². The normalized spacial score (nSPS) is 26.1. The Balaban J connectivity index is 1.60. The lowest BCUT2D eigenvalue weighted by atomic mass is 9.64. The summed E-state index contributed by atoms with van der Waals surface area (Å²) in [6.45, 7) is 10.3. The molecule has 2 fully saturated rings. The van der Waals surface area contributed by atoms with Crippen LogP contribution in [0.5, 0.6) is 0 Å². The number of nitrogens with zero attached hydrogens (tertiary/aromatic N) is 1. The van der Waals surface area contributed by atoms with Crippen LogP contribution in [0.1, 0.15) is 70.9 Å². The van der Waals surface area contributed by atoms with Gasteiger partial charge in [0, 0.05) is 0 Å². The van der Waals surface area contributed by atoms with Gasteiger partial charge < -0.3 is 10.1 Å². The van der Waals surface area contributed by atoms with E-state index in [-0.39, 0.29) is 24.5 Å². The SMILES string of the molecule is CC1CC(C)(C)CC2(C1)NC(=O)N(CC(=O)OCc1ccc(C(C)C)cc1)C2=O. The number of amides is 3. The molecule has 2 aliphatic rings. The number of carbonyl (C=O) groups is 3. The van der Waals surface area contributed by atoms with E-state index in [1.807, 2.05) is 24.3 Å². The second-order valence-electron chi connectivity index (χ2n) is 9.81. The van der Waals surface area contributed by atoms with Gasteiger partial charge in [0.2, 0.25) is 0 Å². The van der Waals surface area contributed by atoms with Gasteiger partial charge in [-0.1, -0.05) is 58.9 Å². The Hall–Kier alpha value is -2.37. The van der Waals surface area contributed by atoms with Gasteiger partial charge in [0.05, 0.1) is 0 Å². The summed E-state index contributed by atoms with van der Waals surface area (Å²) in [5, 5.41) is 2.88. The first-order chi connectivity index (χ1) is 13.5. The van der Waals surface area contributed by atoms with E-state index in [9.17, 15) is 14.4 Å². The molecule has 6 heteroatoms. The number of urea groups is 1. The molecule has 3 rings (SSSR count). The van der Waals surface area contributed by atoms with Crippen molar-refractivity contribution in [2.75, 3.05) is 6.54 Å². The van der Waals surface area contributed by atoms with Crippen molar-refractivity contribution < 1.29 is 19.1 Å². The zero-order valence-electron chi connectivity index (χ0n) is 18.1. The van der Waals surface area contributed by atoms with Crippen molar-refractivity contribution in [1.29, 1.82) is 0 Å². The molecular formula is C23H32N2O4. The summed E-state index contributed by atoms with van der Waals surface area (Å²) in [6, 6.07) is 7.38. The lowest BCUT2D eigenvalue weighted by Gasteiger charge is -2.43. The molecule has 158 valence electrons. The lowest BCUT2D eigenvalue weighted by molar-refractivity contribution is -0.149. The summed E-state index contributed by atoms with van der Waals surface area (Å²) in [5.41, 5.74) is 1.15. The average Bonchev–Trinajstić information content (AvgIpc) is 2.82. The van der Waals surface area contributed by atoms with E-state index in [4.69, 9.17) is 4.74 Å². The number of rotatable bonds is 5. The molecule has 1 saturated carbocycles. The first-order valence-corrected chi connectivity index (χ1v) is 10.4. The molecule has 0 aromatic heterocycles. The predicted molar refractivity (Wildman–Crippen MR) is 110 cm³/mol. The first-order valence-electron chi connectivity index (χ1n) is 10.4. The van der Waals surface area contributed by atoms with Crippen LogP contribution in [0.2, 0.25) is 0 Å². The number of carbonyl (C=O) groups excluding carboxylic acids is 3. The van der Waals surface area contributed by atoms with Gasteiger partial charge in [-0.05, 0) is 47.6 Å². The number of esters is 1. The van der Waals surface area contributed by atoms with Crippen LogP contribution in [0.4, 0.5) is 4.79 Å². The molecular weight excluding hydrogens is 368 g/mol. The average molecular weight is 401 g/mol. The number of hydrogen-bond donors (Lipinski definition) is 1. The summed E-state index contributed by atoms with van der Waals surface area (Å²) in [5.74, 6) is -0.128. The van der Waals surface area contributed by atoms with Gasteiger partial charge in [-0.15, -0.1) is 0 Å². The number of benzene rings is 1. The fourth-order valence-corrected chi connectivity index (χ4v) is 4.99. The van der Waals surface area contributed by atoms with Crippen molar-refractivity contribution >= 4 is 17.9 Å². The van der Waals surface area contributed by atoms with E-state index in [0.29, 0.717) is 24.7 Å². The fraction of sp³-hybridized carbons (Fsp3) is 0.609. The molecule has 1 aliphatic heterocycles. The first kappa shape index (κ1) is 21.3. The molecule has 1 spiro atoms. The van der Waals surface area contributed by atoms with Crippen LogP contribution in [0, 0.1) is 11.3 Å². The maximum atomic E-state index is 13.1. The largest absolute Gasteiger partial charge is 0.459 e. The third-order valence-electron chi connectivity index (χ3n) is 5.96. The summed E-state index contributed by atoms with van der Waals surface area (Å²) < 4.78 is 5.31. The second kappa shape index (κ2) is 7.81. The van der Waals surface area contributed by atoms with Crippen molar-refractivity contribution in [2.24, 2.45) is 11.3 Å². The highest BCUT2D eigenvalue weighted by molar-refractivity contribution is 6.08. The van der Waals surface area contributed by atoms with Crippen LogP contribution in [0.15, 0.2) is 24.3 Å². The highest BCUT2D eigenvalue weighted by Crippen LogP contribution is 2.46. The zero-order chi connectivity index (χ0) is 21.4. The summed E-state index contributed by atoms with van der Waals surface area (Å²) in [4.78, 5) is 38.9. The molecule has 2 unspecified atom stereocenters. The van der Waals surface area contributed by atoms with E-state index < -0.39 is 17.5 Å². The smallest absolute Gasteiger partial charge is 0.326 e. The van der Waals surface area contributed by atoms with Crippen molar-refractivity contribution in [3.8, 4) is 0 Å². The highest BCUT2D eigenvalue weighted by atomic mass is 16.5. The fourth-order valence-electron chi connectivity index (χ4n) is 4.99. The van der Waals surface area contributed by atoms with Gasteiger partial charge in [0.15, 0.2) is 0 Å². The van der Waals surface area contributed by atoms with Crippen molar-refractivity contribution in [3.05, 3.63) is 35.4 Å². The minimum atomic E-state index is -0.898. The minimum Gasteiger partial charge on any atom is -0.459 e. The Morgan fingerprint density at radius 3 is 2.45 bits per heavy atom. The van der Waals surface area contributed by atoms with Gasteiger partial charge in [-0.25, -0.2) is 4.79 Å². The number of nitrogens with one attached hydrogen (secondary N) is 1. The Kier molecular flexibility index (Phi) is 5.74. The molecule has 6 nitrogen and oxygen atoms in total. The highest BCUT2D eigenvalue weighted by Gasteiger charge is 2.56. The lowest BCUT2D eigenvalue weighted by Crippen LogP contribution is -2.54. The standard InChI is InChI=1S/C23H32N2O4/c1-15(2)18-8-6-17(7-9-18)13-29-19(26)12-25-20(27)23(24-21(25)28)11-16(3)10-22(4,5)14-23/h6-9,15-16H,10-14H2,1-5H3,(H,24,28). The van der Waals surface area contributed by atoms with Crippen LogP contribution in [-0.4, -0.2) is 34.9 Å². The van der Waals surface area contributed by atoms with Crippen LogP contribution >= 0.6 is 0 Å². The topological polar surface area (TPSA) is 75.7 Å². The molecule has 1 saturated heterocycles. The van der Waals surface area contributed by atoms with E-state index in [0.717, 1.165) is 16.9 Å². The number of ether oxygens (including phenoxy) is 1. The maximum Gasteiger partial charge on any atom is 0.326 e. The molecule has 0 radical (unpaired) electrons. The van der Waals surface area contributed by atoms with E-state index in [1.165, 1.54) is 5.56 Å². The molecule has 2 atom stereocenters. The number of imide groups is 1. The Morgan fingerprint density at radius 1 is 1.21 bits per heavy atom. The molecule has 1 aliphatic carbocycles. The van der Waals surface area contributed by atoms with Crippen LogP contribution < -0.4 is 5.32 Å². The molecule has 29 heavy (non-hydrogen) atoms. The van der Waals surface area contributed by atoms with Crippen molar-refractivity contribution in [3.63, 3.8) is 0 Å². The van der Waals surface area contributed by atoms with E-state index in [2.05, 4.69) is 39.9 Å². The van der Waals surface area contributed by atoms with Crippen molar-refractivity contribution in [2.45, 2.75) is 71.9 Å². The predicted octanol–water partition coefficient (Wildman–Crippen LogP) is 3.99. The van der Waals surface area contributed by atoms with Gasteiger partial charge in [0.1, 0.15) is 18.7 Å². The molecule has 1 N–H and O–H groups in total. The quantitative estimate of drug-likeness (QED) is 0.599. The molecule has 1 heterocycles. The minimum absolute atomic E-state index is 0.0424. The Labute approximate surface area is 173 Å². The van der Waals surface area contributed by atoms with Gasteiger partial charge in [0.25, 0.3) is 5.91 Å². The molecule has 1 aromatic rings.